The van der Waals surface area contributed by atoms with Gasteiger partial charge in [0.25, 0.3) is 0 Å². The van der Waals surface area contributed by atoms with E-state index in [9.17, 15) is 5.11 Å². The van der Waals surface area contributed by atoms with Crippen LogP contribution in [0.1, 0.15) is 18.1 Å². The third-order valence-corrected chi connectivity index (χ3v) is 2.14. The topological polar surface area (TPSA) is 70.8 Å². The molecule has 0 bridgehead atoms. The van der Waals surface area contributed by atoms with Crippen molar-refractivity contribution in [1.29, 1.82) is 0 Å². The van der Waals surface area contributed by atoms with E-state index in [1.165, 1.54) is 0 Å². The van der Waals surface area contributed by atoms with E-state index < -0.39 is 12.1 Å². The molecule has 0 aliphatic carbocycles. The van der Waals surface area contributed by atoms with Crippen molar-refractivity contribution >= 4 is 5.69 Å². The quantitative estimate of drug-likeness (QED) is 0.643. The summed E-state index contributed by atoms with van der Waals surface area (Å²) in [5.74, 6) is 0. The fourth-order valence-corrected chi connectivity index (χ4v) is 1.30. The highest BCUT2D eigenvalue weighted by atomic mass is 16.3. The molecule has 0 fully saturated rings. The molecule has 2 atom stereocenters. The lowest BCUT2D eigenvalue weighted by atomic mass is 10.0. The van der Waals surface area contributed by atoms with Crippen LogP contribution in [0.5, 0.6) is 0 Å². The van der Waals surface area contributed by atoms with Gasteiger partial charge in [-0.2, -0.15) is 0 Å². The van der Waals surface area contributed by atoms with Crippen molar-refractivity contribution in [3.63, 3.8) is 0 Å². The van der Waals surface area contributed by atoms with Crippen molar-refractivity contribution in [3.8, 4) is 0 Å². The van der Waals surface area contributed by atoms with Crippen molar-refractivity contribution < 1.29 is 10.2 Å². The Morgan fingerprint density at radius 3 is 2.80 bits per heavy atom. The van der Waals surface area contributed by atoms with Crippen LogP contribution < -0.4 is 5.73 Å². The normalized spacial score (nSPS) is 14.3. The highest BCUT2D eigenvalue weighted by Gasteiger charge is 2.12. The standard InChI is InChI=1S/C11H14N2O2/c1-13-10-4-2-3-8(5-10)11(15)6-9(12)7-14/h2-5,9,11,14-15H,6-7,12H2/t9-,11-/m1/s1. The van der Waals surface area contributed by atoms with Gasteiger partial charge in [-0.1, -0.05) is 24.3 Å². The van der Waals surface area contributed by atoms with E-state index in [-0.39, 0.29) is 13.0 Å². The predicted molar refractivity (Wildman–Crippen MR) is 57.3 cm³/mol. The molecule has 4 heteroatoms. The molecule has 0 amide bonds. The monoisotopic (exact) mass is 206 g/mol. The zero-order valence-electron chi connectivity index (χ0n) is 8.30. The van der Waals surface area contributed by atoms with Gasteiger partial charge >= 0.3 is 0 Å². The van der Waals surface area contributed by atoms with Gasteiger partial charge in [0.15, 0.2) is 5.69 Å². The minimum atomic E-state index is -0.728. The van der Waals surface area contributed by atoms with Crippen LogP contribution in [0.4, 0.5) is 5.69 Å². The van der Waals surface area contributed by atoms with Gasteiger partial charge in [0, 0.05) is 6.04 Å². The van der Waals surface area contributed by atoms with Gasteiger partial charge in [-0.25, -0.2) is 4.85 Å². The Kier molecular flexibility index (Phi) is 4.25. The van der Waals surface area contributed by atoms with Gasteiger partial charge < -0.3 is 15.9 Å². The van der Waals surface area contributed by atoms with Crippen LogP contribution in [0.15, 0.2) is 24.3 Å². The SMILES string of the molecule is [C-]#[N+]c1cccc([C@H](O)C[C@@H](N)CO)c1. The number of hydrogen-bond donors (Lipinski definition) is 3. The summed E-state index contributed by atoms with van der Waals surface area (Å²) in [7, 11) is 0. The number of aliphatic hydroxyl groups is 2. The highest BCUT2D eigenvalue weighted by Crippen LogP contribution is 2.22. The van der Waals surface area contributed by atoms with Crippen molar-refractivity contribution in [1.82, 2.24) is 0 Å². The molecule has 0 heterocycles. The fourth-order valence-electron chi connectivity index (χ4n) is 1.30. The molecule has 4 N–H and O–H groups in total. The average molecular weight is 206 g/mol. The minimum Gasteiger partial charge on any atom is -0.395 e. The molecule has 0 unspecified atom stereocenters. The van der Waals surface area contributed by atoms with Crippen LogP contribution >= 0.6 is 0 Å². The Balaban J connectivity index is 2.73. The average Bonchev–Trinajstić information content (AvgIpc) is 2.28. The second-order valence-corrected chi connectivity index (χ2v) is 3.40. The van der Waals surface area contributed by atoms with Crippen molar-refractivity contribution in [2.45, 2.75) is 18.6 Å². The molecule has 80 valence electrons. The maximum atomic E-state index is 9.75. The molecule has 0 spiro atoms. The highest BCUT2D eigenvalue weighted by molar-refractivity contribution is 5.47. The van der Waals surface area contributed by atoms with E-state index in [1.807, 2.05) is 0 Å². The fraction of sp³-hybridized carbons (Fsp3) is 0.364. The Hall–Kier alpha value is -1.41. The molecule has 1 rings (SSSR count). The first-order chi connectivity index (χ1) is 7.17. The van der Waals surface area contributed by atoms with Gasteiger partial charge in [0.2, 0.25) is 0 Å². The lowest BCUT2D eigenvalue weighted by molar-refractivity contribution is 0.140. The summed E-state index contributed by atoms with van der Waals surface area (Å²) >= 11 is 0. The van der Waals surface area contributed by atoms with E-state index in [0.29, 0.717) is 11.3 Å². The summed E-state index contributed by atoms with van der Waals surface area (Å²) in [6.45, 7) is 6.68. The Bertz CT molecular complexity index is 360. The van der Waals surface area contributed by atoms with Crippen molar-refractivity contribution in [2.24, 2.45) is 5.73 Å². The number of hydrogen-bond acceptors (Lipinski definition) is 3. The first-order valence-corrected chi connectivity index (χ1v) is 4.69. The summed E-state index contributed by atoms with van der Waals surface area (Å²) in [5, 5.41) is 18.5. The van der Waals surface area contributed by atoms with Crippen LogP contribution in [0.2, 0.25) is 0 Å². The van der Waals surface area contributed by atoms with Gasteiger partial charge in [-0.3, -0.25) is 0 Å². The van der Waals surface area contributed by atoms with E-state index in [1.54, 1.807) is 24.3 Å². The number of rotatable bonds is 4. The zero-order valence-corrected chi connectivity index (χ0v) is 8.30. The molecule has 0 saturated carbocycles. The Morgan fingerprint density at radius 2 is 2.20 bits per heavy atom. The van der Waals surface area contributed by atoms with Crippen molar-refractivity contribution in [2.75, 3.05) is 6.61 Å². The van der Waals surface area contributed by atoms with Gasteiger partial charge in [-0.05, 0) is 12.0 Å². The molecular weight excluding hydrogens is 192 g/mol. The summed E-state index contributed by atoms with van der Waals surface area (Å²) in [5.41, 5.74) is 6.66. The third kappa shape index (κ3) is 3.33. The van der Waals surface area contributed by atoms with Crippen LogP contribution in [-0.2, 0) is 0 Å². The van der Waals surface area contributed by atoms with Crippen LogP contribution in [-0.4, -0.2) is 22.9 Å². The number of nitrogens with zero attached hydrogens (tertiary/aromatic N) is 1. The van der Waals surface area contributed by atoms with Crippen LogP contribution in [0.25, 0.3) is 4.85 Å². The van der Waals surface area contributed by atoms with E-state index in [0.717, 1.165) is 0 Å². The van der Waals surface area contributed by atoms with E-state index in [4.69, 9.17) is 17.4 Å². The zero-order chi connectivity index (χ0) is 11.3. The summed E-state index contributed by atoms with van der Waals surface area (Å²) in [4.78, 5) is 3.27. The molecule has 0 saturated heterocycles. The smallest absolute Gasteiger partial charge is 0.187 e. The molecule has 1 aromatic carbocycles. The summed E-state index contributed by atoms with van der Waals surface area (Å²) in [6, 6.07) is 6.33. The number of nitrogens with two attached hydrogens (primary N) is 1. The Labute approximate surface area is 88.8 Å². The molecular formula is C11H14N2O2. The Morgan fingerprint density at radius 1 is 1.47 bits per heavy atom. The lowest BCUT2D eigenvalue weighted by Gasteiger charge is -2.14. The first kappa shape index (κ1) is 11.7. The molecule has 0 radical (unpaired) electrons. The molecule has 1 aromatic rings. The van der Waals surface area contributed by atoms with E-state index in [2.05, 4.69) is 4.85 Å². The minimum absolute atomic E-state index is 0.153. The van der Waals surface area contributed by atoms with Gasteiger partial charge in [0.1, 0.15) is 0 Å². The molecule has 0 aliphatic rings. The molecule has 0 aromatic heterocycles. The van der Waals surface area contributed by atoms with Gasteiger partial charge in [0.05, 0.1) is 19.3 Å². The van der Waals surface area contributed by atoms with Gasteiger partial charge in [-0.15, -0.1) is 0 Å². The number of benzene rings is 1. The first-order valence-electron chi connectivity index (χ1n) is 4.69. The summed E-state index contributed by atoms with van der Waals surface area (Å²) in [6.07, 6.45) is -0.438. The van der Waals surface area contributed by atoms with Crippen molar-refractivity contribution in [3.05, 3.63) is 41.2 Å². The predicted octanol–water partition coefficient (Wildman–Crippen LogP) is 0.980. The second kappa shape index (κ2) is 5.47. The maximum absolute atomic E-state index is 9.75. The van der Waals surface area contributed by atoms with E-state index >= 15 is 0 Å². The lowest BCUT2D eigenvalue weighted by Crippen LogP contribution is -2.26. The largest absolute Gasteiger partial charge is 0.395 e. The summed E-state index contributed by atoms with van der Waals surface area (Å²) < 4.78 is 0. The molecule has 0 aliphatic heterocycles. The molecule has 4 nitrogen and oxygen atoms in total. The second-order valence-electron chi connectivity index (χ2n) is 3.40. The third-order valence-electron chi connectivity index (χ3n) is 2.14. The van der Waals surface area contributed by atoms with Crippen LogP contribution in [0.3, 0.4) is 0 Å². The van der Waals surface area contributed by atoms with Crippen LogP contribution in [0, 0.1) is 6.57 Å². The number of aliphatic hydroxyl groups excluding tert-OH is 2. The molecule has 15 heavy (non-hydrogen) atoms. The maximum Gasteiger partial charge on any atom is 0.187 e.